The molecule has 0 amide bonds. The highest BCUT2D eigenvalue weighted by Gasteiger charge is 2.28. The van der Waals surface area contributed by atoms with Crippen molar-refractivity contribution >= 4 is 76.2 Å². The van der Waals surface area contributed by atoms with E-state index in [1.54, 1.807) is 0 Å². The van der Waals surface area contributed by atoms with E-state index in [-0.39, 0.29) is 0 Å². The Hall–Kier alpha value is -4.30. The van der Waals surface area contributed by atoms with E-state index in [1.807, 2.05) is 0 Å². The van der Waals surface area contributed by atoms with Gasteiger partial charge in [0.25, 0.3) is 0 Å². The van der Waals surface area contributed by atoms with Crippen LogP contribution in [0.5, 0.6) is 0 Å². The Balaban J connectivity index is 1.76. The molecule has 0 spiro atoms. The van der Waals surface area contributed by atoms with E-state index in [0.29, 0.717) is 0 Å². The number of hydrogen-bond donors (Lipinski definition) is 0. The number of fused-ring (bicyclic) bond motifs is 14. The van der Waals surface area contributed by atoms with Gasteiger partial charge in [-0.05, 0) is 60.4 Å². The van der Waals surface area contributed by atoms with E-state index in [9.17, 15) is 0 Å². The molecular formula is C34H24N2. The lowest BCUT2D eigenvalue weighted by Gasteiger charge is -2.04. The summed E-state index contributed by atoms with van der Waals surface area (Å²) in [5.74, 6) is 0. The van der Waals surface area contributed by atoms with Crippen LogP contribution in [0.25, 0.3) is 76.2 Å². The van der Waals surface area contributed by atoms with E-state index >= 15 is 0 Å². The standard InChI is InChI=1S/C34H24N2/c1-3-19-13-15-27-23(17-19)31-29-21-9-5-8-12-26(21)36-28-16-14-20(4-2)18-24(28)32(34(29)36)30-22-10-6-7-11-25(22)35(27)33(30)31/h5-18H,3-4H2,1-2H3. The van der Waals surface area contributed by atoms with Crippen molar-refractivity contribution in [3.63, 3.8) is 0 Å². The fourth-order valence-electron chi connectivity index (χ4n) is 7.12. The molecule has 0 aliphatic heterocycles. The zero-order valence-electron chi connectivity index (χ0n) is 20.4. The first-order valence-corrected chi connectivity index (χ1v) is 13.1. The van der Waals surface area contributed by atoms with Crippen molar-refractivity contribution in [2.75, 3.05) is 0 Å². The fraction of sp³-hybridized carbons (Fsp3) is 0.118. The molecule has 36 heavy (non-hydrogen) atoms. The molecule has 0 radical (unpaired) electrons. The number of aromatic nitrogens is 2. The molecule has 0 aliphatic carbocycles. The lowest BCUT2D eigenvalue weighted by molar-refractivity contribution is 1.15. The van der Waals surface area contributed by atoms with Gasteiger partial charge in [-0.2, -0.15) is 0 Å². The molecule has 2 nitrogen and oxygen atoms in total. The molecule has 0 saturated carbocycles. The van der Waals surface area contributed by atoms with Crippen molar-refractivity contribution in [3.8, 4) is 0 Å². The summed E-state index contributed by atoms with van der Waals surface area (Å²) in [6.07, 6.45) is 2.08. The van der Waals surface area contributed by atoms with Gasteiger partial charge in [0.05, 0.1) is 33.1 Å². The largest absolute Gasteiger partial charge is 0.308 e. The molecule has 4 heterocycles. The van der Waals surface area contributed by atoms with Gasteiger partial charge in [0.15, 0.2) is 0 Å². The Labute approximate surface area is 207 Å². The number of hydrogen-bond acceptors (Lipinski definition) is 0. The van der Waals surface area contributed by atoms with Crippen molar-refractivity contribution < 1.29 is 0 Å². The highest BCUT2D eigenvalue weighted by atomic mass is 14.9. The molecule has 0 saturated heterocycles. The first-order valence-electron chi connectivity index (χ1n) is 13.1. The van der Waals surface area contributed by atoms with Crippen LogP contribution in [-0.2, 0) is 12.8 Å². The molecule has 9 rings (SSSR count). The summed E-state index contributed by atoms with van der Waals surface area (Å²) in [6, 6.07) is 32.2. The van der Waals surface area contributed by atoms with E-state index in [0.717, 1.165) is 12.8 Å². The summed E-state index contributed by atoms with van der Waals surface area (Å²) in [5.41, 5.74) is 10.8. The zero-order chi connectivity index (χ0) is 23.7. The van der Waals surface area contributed by atoms with Crippen LogP contribution in [0.2, 0.25) is 0 Å². The van der Waals surface area contributed by atoms with Crippen molar-refractivity contribution in [1.29, 1.82) is 0 Å². The average molecular weight is 461 g/mol. The minimum Gasteiger partial charge on any atom is -0.308 e. The molecule has 4 aromatic heterocycles. The smallest absolute Gasteiger partial charge is 0.0634 e. The number of benzene rings is 5. The SMILES string of the molecule is CCc1ccc2c(c1)c1c3c4ccccc4n4c5ccc(CC)cc5c(c5c6ccccc6n2c51)c34. The van der Waals surface area contributed by atoms with E-state index < -0.39 is 0 Å². The lowest BCUT2D eigenvalue weighted by atomic mass is 9.96. The number of nitrogens with zero attached hydrogens (tertiary/aromatic N) is 2. The summed E-state index contributed by atoms with van der Waals surface area (Å²) in [5, 5.41) is 11.1. The predicted octanol–water partition coefficient (Wildman–Crippen LogP) is 9.11. The van der Waals surface area contributed by atoms with Gasteiger partial charge >= 0.3 is 0 Å². The molecule has 0 aliphatic rings. The summed E-state index contributed by atoms with van der Waals surface area (Å²) in [6.45, 7) is 4.51. The fourth-order valence-corrected chi connectivity index (χ4v) is 7.12. The van der Waals surface area contributed by atoms with Crippen LogP contribution in [0.1, 0.15) is 25.0 Å². The normalized spacial score (nSPS) is 12.9. The highest BCUT2D eigenvalue weighted by molar-refractivity contribution is 6.45. The summed E-state index contributed by atoms with van der Waals surface area (Å²) in [7, 11) is 0. The lowest BCUT2D eigenvalue weighted by Crippen LogP contribution is -1.82. The first kappa shape index (κ1) is 19.0. The Morgan fingerprint density at radius 3 is 1.28 bits per heavy atom. The van der Waals surface area contributed by atoms with Crippen LogP contribution in [0.4, 0.5) is 0 Å². The van der Waals surface area contributed by atoms with Gasteiger partial charge < -0.3 is 8.80 Å². The average Bonchev–Trinajstić information content (AvgIpc) is 3.64. The quantitative estimate of drug-likeness (QED) is 0.243. The summed E-state index contributed by atoms with van der Waals surface area (Å²) in [4.78, 5) is 0. The van der Waals surface area contributed by atoms with Crippen molar-refractivity contribution in [3.05, 3.63) is 96.1 Å². The van der Waals surface area contributed by atoms with Gasteiger partial charge in [-0.25, -0.2) is 0 Å². The molecule has 0 fully saturated rings. The van der Waals surface area contributed by atoms with Gasteiger partial charge in [-0.3, -0.25) is 0 Å². The Morgan fingerprint density at radius 1 is 0.444 bits per heavy atom. The summed E-state index contributed by atoms with van der Waals surface area (Å²) >= 11 is 0. The van der Waals surface area contributed by atoms with E-state index in [4.69, 9.17) is 0 Å². The Kier molecular flexibility index (Phi) is 3.30. The van der Waals surface area contributed by atoms with Crippen LogP contribution in [0, 0.1) is 0 Å². The van der Waals surface area contributed by atoms with Crippen LogP contribution >= 0.6 is 0 Å². The second kappa shape index (κ2) is 6.27. The van der Waals surface area contributed by atoms with Crippen LogP contribution in [0.3, 0.4) is 0 Å². The monoisotopic (exact) mass is 460 g/mol. The molecule has 9 aromatic rings. The highest BCUT2D eigenvalue weighted by Crippen LogP contribution is 2.51. The number of para-hydroxylation sites is 2. The Bertz CT molecular complexity index is 2160. The van der Waals surface area contributed by atoms with Crippen LogP contribution in [-0.4, -0.2) is 8.80 Å². The van der Waals surface area contributed by atoms with E-state index in [1.165, 1.54) is 87.3 Å². The molecule has 0 N–H and O–H groups in total. The minimum absolute atomic E-state index is 1.04. The van der Waals surface area contributed by atoms with Gasteiger partial charge in [0.2, 0.25) is 0 Å². The molecule has 170 valence electrons. The minimum atomic E-state index is 1.04. The first-order chi connectivity index (χ1) is 17.8. The molecule has 0 bridgehead atoms. The predicted molar refractivity (Wildman–Crippen MR) is 155 cm³/mol. The van der Waals surface area contributed by atoms with Crippen LogP contribution < -0.4 is 0 Å². The maximum atomic E-state index is 2.54. The van der Waals surface area contributed by atoms with Gasteiger partial charge in [0, 0.05) is 43.1 Å². The van der Waals surface area contributed by atoms with E-state index in [2.05, 4.69) is 108 Å². The third-order valence-electron chi connectivity index (χ3n) is 8.68. The topological polar surface area (TPSA) is 8.82 Å². The van der Waals surface area contributed by atoms with Crippen molar-refractivity contribution in [2.24, 2.45) is 0 Å². The molecule has 0 unspecified atom stereocenters. The molecule has 2 heteroatoms. The van der Waals surface area contributed by atoms with Gasteiger partial charge in [-0.15, -0.1) is 0 Å². The number of aryl methyl sites for hydroxylation is 2. The van der Waals surface area contributed by atoms with Crippen molar-refractivity contribution in [1.82, 2.24) is 8.80 Å². The van der Waals surface area contributed by atoms with Gasteiger partial charge in [-0.1, -0.05) is 62.4 Å². The second-order valence-corrected chi connectivity index (χ2v) is 10.3. The van der Waals surface area contributed by atoms with Crippen LogP contribution in [0.15, 0.2) is 84.9 Å². The maximum absolute atomic E-state index is 2.54. The third kappa shape index (κ3) is 1.96. The van der Waals surface area contributed by atoms with Gasteiger partial charge in [0.1, 0.15) is 0 Å². The second-order valence-electron chi connectivity index (χ2n) is 10.3. The number of rotatable bonds is 2. The van der Waals surface area contributed by atoms with Crippen molar-refractivity contribution in [2.45, 2.75) is 26.7 Å². The molecular weight excluding hydrogens is 436 g/mol. The maximum Gasteiger partial charge on any atom is 0.0634 e. The summed E-state index contributed by atoms with van der Waals surface area (Å²) < 4.78 is 5.08. The zero-order valence-corrected chi connectivity index (χ0v) is 20.4. The third-order valence-corrected chi connectivity index (χ3v) is 8.68. The molecule has 0 atom stereocenters. The Morgan fingerprint density at radius 2 is 0.833 bits per heavy atom. The molecule has 5 aromatic carbocycles.